The van der Waals surface area contributed by atoms with Gasteiger partial charge in [0.1, 0.15) is 5.69 Å². The monoisotopic (exact) mass is 338 g/mol. The van der Waals surface area contributed by atoms with Crippen LogP contribution in [0.4, 0.5) is 0 Å². The number of carbonyl (C=O) groups excluding carboxylic acids is 1. The van der Waals surface area contributed by atoms with Gasteiger partial charge in [-0.2, -0.15) is 5.10 Å². The highest BCUT2D eigenvalue weighted by atomic mass is 16.6. The van der Waals surface area contributed by atoms with Crippen molar-refractivity contribution in [2.24, 2.45) is 24.0 Å². The first-order chi connectivity index (χ1) is 11.3. The van der Waals surface area contributed by atoms with Crippen LogP contribution in [0.2, 0.25) is 0 Å². The Hall–Kier alpha value is -2.09. The Balaban J connectivity index is 0.00000139. The minimum absolute atomic E-state index is 0.0879. The number of nitrogens with zero attached hydrogens (tertiary/aromatic N) is 4. The van der Waals surface area contributed by atoms with Crippen molar-refractivity contribution in [3.63, 3.8) is 0 Å². The molecule has 0 radical (unpaired) electrons. The molecule has 0 aliphatic carbocycles. The molecule has 0 amide bonds. The minimum atomic E-state index is -0.468. The largest absolute Gasteiger partial charge is 0.442 e. The molecule has 24 heavy (non-hydrogen) atoms. The van der Waals surface area contributed by atoms with E-state index in [-0.39, 0.29) is 17.8 Å². The van der Waals surface area contributed by atoms with Gasteiger partial charge in [-0.05, 0) is 12.5 Å². The Bertz CT molecular complexity index is 560. The van der Waals surface area contributed by atoms with Crippen LogP contribution in [0.5, 0.6) is 0 Å². The summed E-state index contributed by atoms with van der Waals surface area (Å²) in [5, 5.41) is 10.1. The van der Waals surface area contributed by atoms with Gasteiger partial charge in [0.25, 0.3) is 0 Å². The number of rotatable bonds is 5. The second-order valence-corrected chi connectivity index (χ2v) is 6.07. The Morgan fingerprint density at radius 2 is 1.88 bits per heavy atom. The molecule has 0 spiro atoms. The fourth-order valence-corrected chi connectivity index (χ4v) is 2.12. The van der Waals surface area contributed by atoms with Crippen molar-refractivity contribution >= 4 is 11.8 Å². The van der Waals surface area contributed by atoms with Crippen LogP contribution in [-0.4, -0.2) is 32.9 Å². The number of hydrogen-bond donors (Lipinski definition) is 2. The van der Waals surface area contributed by atoms with Gasteiger partial charge in [0.15, 0.2) is 12.1 Å². The zero-order valence-corrected chi connectivity index (χ0v) is 15.9. The lowest BCUT2D eigenvalue weighted by molar-refractivity contribution is -0.174. The van der Waals surface area contributed by atoms with Crippen molar-refractivity contribution in [1.29, 1.82) is 0 Å². The maximum atomic E-state index is 11.9. The van der Waals surface area contributed by atoms with E-state index in [0.29, 0.717) is 5.84 Å². The van der Waals surface area contributed by atoms with Crippen LogP contribution in [0.15, 0.2) is 11.3 Å². The molecule has 1 aliphatic rings. The fourth-order valence-electron chi connectivity index (χ4n) is 2.12. The second-order valence-electron chi connectivity index (χ2n) is 6.07. The first kappa shape index (κ1) is 20.0. The van der Waals surface area contributed by atoms with E-state index in [1.807, 2.05) is 55.5 Å². The van der Waals surface area contributed by atoms with Crippen molar-refractivity contribution in [1.82, 2.24) is 25.9 Å². The Labute approximate surface area is 144 Å². The summed E-state index contributed by atoms with van der Waals surface area (Å²) in [6.07, 6.45) is 1.31. The molecule has 0 fully saturated rings. The summed E-state index contributed by atoms with van der Waals surface area (Å²) in [5.74, 6) is 0.310. The summed E-state index contributed by atoms with van der Waals surface area (Å²) in [5.41, 5.74) is 7.90. The molecule has 2 rings (SSSR count). The SMILES string of the molecule is CC.Cc1cnn(C)c1C1=NNN(C(OC(=O)C(C)C)C(C)C)N1. The molecule has 8 nitrogen and oxygen atoms in total. The highest BCUT2D eigenvalue weighted by molar-refractivity contribution is 5.98. The average Bonchev–Trinajstić information content (AvgIpc) is 3.13. The molecular weight excluding hydrogens is 308 g/mol. The minimum Gasteiger partial charge on any atom is -0.442 e. The summed E-state index contributed by atoms with van der Waals surface area (Å²) in [6, 6.07) is 0. The van der Waals surface area contributed by atoms with Gasteiger partial charge in [0.2, 0.25) is 0 Å². The number of aromatic nitrogens is 2. The lowest BCUT2D eigenvalue weighted by atomic mass is 10.2. The standard InChI is InChI=1S/C14H24N6O2.C2H6/c1-8(2)13(22-14(21)9(3)4)20-17-12(16-18-20)11-10(5)7-15-19(11)6;1-2/h7-9,13,18H,1-6H3,(H,16,17);1-2H3. The van der Waals surface area contributed by atoms with Gasteiger partial charge in [0, 0.05) is 13.0 Å². The van der Waals surface area contributed by atoms with Crippen molar-refractivity contribution < 1.29 is 9.53 Å². The van der Waals surface area contributed by atoms with Crippen molar-refractivity contribution in [2.75, 3.05) is 0 Å². The van der Waals surface area contributed by atoms with Crippen LogP contribution in [0.1, 0.15) is 52.8 Å². The number of hydrazone groups is 1. The number of carbonyl (C=O) groups is 1. The van der Waals surface area contributed by atoms with E-state index < -0.39 is 6.23 Å². The Morgan fingerprint density at radius 1 is 1.25 bits per heavy atom. The lowest BCUT2D eigenvalue weighted by Gasteiger charge is -2.29. The molecule has 2 heterocycles. The molecule has 2 N–H and O–H groups in total. The summed E-state index contributed by atoms with van der Waals surface area (Å²) in [6.45, 7) is 13.6. The van der Waals surface area contributed by atoms with E-state index in [9.17, 15) is 4.79 Å². The molecule has 1 aromatic rings. The van der Waals surface area contributed by atoms with Crippen molar-refractivity contribution in [3.8, 4) is 0 Å². The van der Waals surface area contributed by atoms with Gasteiger partial charge >= 0.3 is 5.97 Å². The predicted molar refractivity (Wildman–Crippen MR) is 93.5 cm³/mol. The number of ether oxygens (including phenoxy) is 1. The molecule has 0 bridgehead atoms. The summed E-state index contributed by atoms with van der Waals surface area (Å²) >= 11 is 0. The maximum absolute atomic E-state index is 11.9. The van der Waals surface area contributed by atoms with Crippen molar-refractivity contribution in [3.05, 3.63) is 17.5 Å². The highest BCUT2D eigenvalue weighted by Crippen LogP contribution is 2.15. The highest BCUT2D eigenvalue weighted by Gasteiger charge is 2.32. The van der Waals surface area contributed by atoms with E-state index >= 15 is 0 Å². The van der Waals surface area contributed by atoms with Gasteiger partial charge < -0.3 is 4.74 Å². The molecule has 136 valence electrons. The second kappa shape index (κ2) is 8.68. The van der Waals surface area contributed by atoms with Crippen LogP contribution in [0, 0.1) is 18.8 Å². The van der Waals surface area contributed by atoms with E-state index in [1.54, 1.807) is 16.0 Å². The molecule has 8 heteroatoms. The number of hydrogen-bond acceptors (Lipinski definition) is 7. The third kappa shape index (κ3) is 4.47. The van der Waals surface area contributed by atoms with Gasteiger partial charge in [-0.15, -0.1) is 5.10 Å². The van der Waals surface area contributed by atoms with Crippen LogP contribution >= 0.6 is 0 Å². The number of nitrogens with one attached hydrogen (secondary N) is 2. The summed E-state index contributed by atoms with van der Waals surface area (Å²) < 4.78 is 7.30. The first-order valence-electron chi connectivity index (χ1n) is 8.40. The third-order valence-electron chi connectivity index (χ3n) is 3.38. The maximum Gasteiger partial charge on any atom is 0.310 e. The molecule has 0 aromatic carbocycles. The number of esters is 1. The van der Waals surface area contributed by atoms with Gasteiger partial charge in [0.05, 0.1) is 12.1 Å². The van der Waals surface area contributed by atoms with Crippen molar-refractivity contribution in [2.45, 2.75) is 54.7 Å². The molecule has 0 saturated heterocycles. The average molecular weight is 338 g/mol. The van der Waals surface area contributed by atoms with E-state index in [4.69, 9.17) is 4.74 Å². The van der Waals surface area contributed by atoms with E-state index in [2.05, 4.69) is 21.2 Å². The smallest absolute Gasteiger partial charge is 0.310 e. The molecule has 0 saturated carbocycles. The third-order valence-corrected chi connectivity index (χ3v) is 3.38. The van der Waals surface area contributed by atoms with Crippen LogP contribution in [0.25, 0.3) is 0 Å². The van der Waals surface area contributed by atoms with Crippen LogP contribution in [-0.2, 0) is 16.6 Å². The first-order valence-corrected chi connectivity index (χ1v) is 8.40. The Morgan fingerprint density at radius 3 is 2.33 bits per heavy atom. The lowest BCUT2D eigenvalue weighted by Crippen LogP contribution is -2.53. The molecule has 1 unspecified atom stereocenters. The zero-order valence-electron chi connectivity index (χ0n) is 15.9. The summed E-state index contributed by atoms with van der Waals surface area (Å²) in [4.78, 5) is 11.9. The quantitative estimate of drug-likeness (QED) is 0.798. The van der Waals surface area contributed by atoms with E-state index in [0.717, 1.165) is 11.3 Å². The zero-order chi connectivity index (χ0) is 18.4. The van der Waals surface area contributed by atoms with Crippen LogP contribution < -0.4 is 11.0 Å². The number of amidine groups is 1. The molecule has 1 atom stereocenters. The topological polar surface area (TPSA) is 83.8 Å². The fraction of sp³-hybridized carbons (Fsp3) is 0.688. The van der Waals surface area contributed by atoms with E-state index in [1.165, 1.54) is 0 Å². The van der Waals surface area contributed by atoms with Crippen LogP contribution in [0.3, 0.4) is 0 Å². The normalized spacial score (nSPS) is 15.3. The molecular formula is C16H30N6O2. The Kier molecular flexibility index (Phi) is 7.21. The predicted octanol–water partition coefficient (Wildman–Crippen LogP) is 1.92. The van der Waals surface area contributed by atoms with Gasteiger partial charge in [-0.1, -0.05) is 46.7 Å². The molecule has 1 aromatic heterocycles. The van der Waals surface area contributed by atoms with Gasteiger partial charge in [-0.3, -0.25) is 14.9 Å². The number of hydrazine groups is 2. The van der Waals surface area contributed by atoms with Gasteiger partial charge in [-0.25, -0.2) is 5.53 Å². The number of aryl methyl sites for hydroxylation is 2. The summed E-state index contributed by atoms with van der Waals surface area (Å²) in [7, 11) is 1.86. The molecule has 1 aliphatic heterocycles.